The molecule has 6 nitrogen and oxygen atoms in total. The van der Waals surface area contributed by atoms with Gasteiger partial charge < -0.3 is 9.72 Å². The molecule has 0 amide bonds. The quantitative estimate of drug-likeness (QED) is 0.799. The van der Waals surface area contributed by atoms with Crippen molar-refractivity contribution in [1.82, 2.24) is 9.55 Å². The molecular weight excluding hydrogens is 244 g/mol. The van der Waals surface area contributed by atoms with Gasteiger partial charge in [0.15, 0.2) is 0 Å². The fraction of sp³-hybridized carbons (Fsp3) is 0.300. The van der Waals surface area contributed by atoms with Crippen molar-refractivity contribution in [2.45, 2.75) is 13.5 Å². The summed E-state index contributed by atoms with van der Waals surface area (Å²) in [6, 6.07) is 1.65. The zero-order valence-corrected chi connectivity index (χ0v) is 9.87. The second-order valence-corrected chi connectivity index (χ2v) is 4.21. The summed E-state index contributed by atoms with van der Waals surface area (Å²) in [4.78, 5) is 37.3. The lowest BCUT2D eigenvalue weighted by molar-refractivity contribution is -0.143. The molecule has 0 aromatic carbocycles. The first-order chi connectivity index (χ1) is 8.13. The van der Waals surface area contributed by atoms with Crippen LogP contribution >= 0.6 is 11.3 Å². The topological polar surface area (TPSA) is 81.2 Å². The molecule has 17 heavy (non-hydrogen) atoms. The lowest BCUT2D eigenvalue weighted by atomic mass is 10.4. The molecule has 7 heteroatoms. The van der Waals surface area contributed by atoms with E-state index in [4.69, 9.17) is 4.74 Å². The molecule has 0 bridgehead atoms. The summed E-state index contributed by atoms with van der Waals surface area (Å²) in [6.07, 6.45) is 0. The van der Waals surface area contributed by atoms with Crippen LogP contribution in [-0.2, 0) is 16.1 Å². The van der Waals surface area contributed by atoms with E-state index in [0.717, 1.165) is 4.57 Å². The number of carbonyl (C=O) groups excluding carboxylic acids is 1. The number of nitrogens with one attached hydrogen (secondary N) is 1. The number of aromatic amines is 1. The lowest BCUT2D eigenvalue weighted by Gasteiger charge is -2.03. The molecule has 0 atom stereocenters. The van der Waals surface area contributed by atoms with Crippen LogP contribution < -0.4 is 11.2 Å². The number of H-pyrrole nitrogens is 1. The largest absolute Gasteiger partial charge is 0.465 e. The third-order valence-corrected chi connectivity index (χ3v) is 3.09. The van der Waals surface area contributed by atoms with Crippen LogP contribution in [0.5, 0.6) is 0 Å². The predicted molar refractivity (Wildman–Crippen MR) is 63.3 cm³/mol. The Hall–Kier alpha value is -1.89. The number of thiophene rings is 1. The number of ether oxygens (including phenoxy) is 1. The molecule has 2 aromatic rings. The van der Waals surface area contributed by atoms with Gasteiger partial charge in [-0.3, -0.25) is 9.59 Å². The molecule has 0 saturated carbocycles. The minimum absolute atomic E-state index is 0.215. The Morgan fingerprint density at radius 3 is 3.00 bits per heavy atom. The number of hydrogen-bond acceptors (Lipinski definition) is 5. The molecular formula is C10H10N2O4S. The maximum absolute atomic E-state index is 11.9. The van der Waals surface area contributed by atoms with Crippen LogP contribution in [0.25, 0.3) is 10.2 Å². The van der Waals surface area contributed by atoms with Crippen LogP contribution in [0.15, 0.2) is 21.0 Å². The summed E-state index contributed by atoms with van der Waals surface area (Å²) in [5.74, 6) is -0.601. The SMILES string of the molecule is CCOC(=O)Cn1c(=O)[nH]c2ccsc2c1=O. The average molecular weight is 254 g/mol. The van der Waals surface area contributed by atoms with Crippen molar-refractivity contribution in [3.05, 3.63) is 32.3 Å². The smallest absolute Gasteiger partial charge is 0.329 e. The number of rotatable bonds is 3. The van der Waals surface area contributed by atoms with Crippen LogP contribution in [0.1, 0.15) is 6.92 Å². The minimum Gasteiger partial charge on any atom is -0.465 e. The Kier molecular flexibility index (Phi) is 3.10. The van der Waals surface area contributed by atoms with Gasteiger partial charge in [-0.25, -0.2) is 9.36 Å². The molecule has 90 valence electrons. The number of carbonyl (C=O) groups is 1. The van der Waals surface area contributed by atoms with E-state index in [1.54, 1.807) is 18.4 Å². The van der Waals surface area contributed by atoms with Crippen molar-refractivity contribution in [1.29, 1.82) is 0 Å². The van der Waals surface area contributed by atoms with Gasteiger partial charge in [0.05, 0.1) is 12.1 Å². The van der Waals surface area contributed by atoms with Crippen molar-refractivity contribution < 1.29 is 9.53 Å². The molecule has 2 heterocycles. The molecule has 0 aliphatic rings. The summed E-state index contributed by atoms with van der Waals surface area (Å²) >= 11 is 1.22. The van der Waals surface area contributed by atoms with Crippen molar-refractivity contribution in [2.24, 2.45) is 0 Å². The molecule has 0 aliphatic heterocycles. The minimum atomic E-state index is -0.603. The monoisotopic (exact) mass is 254 g/mol. The summed E-state index contributed by atoms with van der Waals surface area (Å²) in [7, 11) is 0. The molecule has 0 saturated heterocycles. The van der Waals surface area contributed by atoms with Crippen LogP contribution in [0.3, 0.4) is 0 Å². The van der Waals surface area contributed by atoms with Crippen molar-refractivity contribution in [3.8, 4) is 0 Å². The predicted octanol–water partition coefficient (Wildman–Crippen LogP) is 0.314. The molecule has 0 aliphatic carbocycles. The maximum Gasteiger partial charge on any atom is 0.329 e. The first-order valence-electron chi connectivity index (χ1n) is 4.99. The van der Waals surface area contributed by atoms with Crippen LogP contribution in [0.2, 0.25) is 0 Å². The van der Waals surface area contributed by atoms with Gasteiger partial charge in [-0.15, -0.1) is 11.3 Å². The van der Waals surface area contributed by atoms with Crippen molar-refractivity contribution in [3.63, 3.8) is 0 Å². The van der Waals surface area contributed by atoms with Gasteiger partial charge >= 0.3 is 11.7 Å². The van der Waals surface area contributed by atoms with Gasteiger partial charge in [0.2, 0.25) is 0 Å². The molecule has 2 rings (SSSR count). The first kappa shape index (κ1) is 11.6. The van der Waals surface area contributed by atoms with E-state index in [-0.39, 0.29) is 13.2 Å². The van der Waals surface area contributed by atoms with Gasteiger partial charge in [-0.1, -0.05) is 0 Å². The highest BCUT2D eigenvalue weighted by atomic mass is 32.1. The standard InChI is InChI=1S/C10H10N2O4S/c1-2-16-7(13)5-12-9(14)8-6(3-4-17-8)11-10(12)15/h3-4H,2,5H2,1H3,(H,11,15). The third-order valence-electron chi connectivity index (χ3n) is 2.18. The summed E-state index contributed by atoms with van der Waals surface area (Å²) in [5, 5.41) is 1.71. The molecule has 2 aromatic heterocycles. The van der Waals surface area contributed by atoms with Crippen molar-refractivity contribution in [2.75, 3.05) is 6.61 Å². The zero-order valence-electron chi connectivity index (χ0n) is 9.06. The Bertz CT molecular complexity index is 667. The Morgan fingerprint density at radius 1 is 1.53 bits per heavy atom. The van der Waals surface area contributed by atoms with E-state index in [1.807, 2.05) is 0 Å². The Morgan fingerprint density at radius 2 is 2.29 bits per heavy atom. The second-order valence-electron chi connectivity index (χ2n) is 3.29. The number of nitrogens with zero attached hydrogens (tertiary/aromatic N) is 1. The van der Waals surface area contributed by atoms with Gasteiger partial charge in [0, 0.05) is 0 Å². The normalized spacial score (nSPS) is 10.6. The fourth-order valence-corrected chi connectivity index (χ4v) is 2.25. The third kappa shape index (κ3) is 2.14. The van der Waals surface area contributed by atoms with E-state index in [2.05, 4.69) is 4.98 Å². The van der Waals surface area contributed by atoms with Gasteiger partial charge in [-0.2, -0.15) is 0 Å². The molecule has 0 unspecified atom stereocenters. The fourth-order valence-electron chi connectivity index (χ4n) is 1.45. The second kappa shape index (κ2) is 4.54. The molecule has 1 N–H and O–H groups in total. The van der Waals surface area contributed by atoms with Crippen LogP contribution in [0, 0.1) is 0 Å². The average Bonchev–Trinajstić information content (AvgIpc) is 2.72. The highest BCUT2D eigenvalue weighted by Gasteiger charge is 2.12. The number of hydrogen-bond donors (Lipinski definition) is 1. The first-order valence-corrected chi connectivity index (χ1v) is 5.87. The van der Waals surface area contributed by atoms with Gasteiger partial charge in [0.25, 0.3) is 5.56 Å². The zero-order chi connectivity index (χ0) is 12.4. The van der Waals surface area contributed by atoms with Crippen LogP contribution in [0.4, 0.5) is 0 Å². The highest BCUT2D eigenvalue weighted by molar-refractivity contribution is 7.17. The lowest BCUT2D eigenvalue weighted by Crippen LogP contribution is -2.37. The van der Waals surface area contributed by atoms with E-state index < -0.39 is 17.2 Å². The van der Waals surface area contributed by atoms with Gasteiger partial charge in [-0.05, 0) is 18.4 Å². The summed E-state index contributed by atoms with van der Waals surface area (Å²) in [5.41, 5.74) is -0.578. The number of fused-ring (bicyclic) bond motifs is 1. The Balaban J connectivity index is 2.50. The van der Waals surface area contributed by atoms with E-state index in [0.29, 0.717) is 10.2 Å². The summed E-state index contributed by atoms with van der Waals surface area (Å²) in [6.45, 7) is 1.51. The highest BCUT2D eigenvalue weighted by Crippen LogP contribution is 2.11. The molecule has 0 spiro atoms. The summed E-state index contributed by atoms with van der Waals surface area (Å²) < 4.78 is 5.97. The Labute approximate surface area is 99.5 Å². The molecule has 0 radical (unpaired) electrons. The van der Waals surface area contributed by atoms with Gasteiger partial charge in [0.1, 0.15) is 11.2 Å². The maximum atomic E-state index is 11.9. The van der Waals surface area contributed by atoms with E-state index in [1.165, 1.54) is 11.3 Å². The molecule has 0 fully saturated rings. The number of esters is 1. The number of aromatic nitrogens is 2. The van der Waals surface area contributed by atoms with E-state index >= 15 is 0 Å². The van der Waals surface area contributed by atoms with Crippen LogP contribution in [-0.4, -0.2) is 22.1 Å². The van der Waals surface area contributed by atoms with E-state index in [9.17, 15) is 14.4 Å². The van der Waals surface area contributed by atoms with Crippen molar-refractivity contribution >= 4 is 27.5 Å².